The zero-order valence-electron chi connectivity index (χ0n) is 18.0. The van der Waals surface area contributed by atoms with Gasteiger partial charge in [0.25, 0.3) is 5.91 Å². The van der Waals surface area contributed by atoms with Crippen molar-refractivity contribution < 1.29 is 28.6 Å². The molecule has 1 saturated carbocycles. The summed E-state index contributed by atoms with van der Waals surface area (Å²) in [6, 6.07) is 19.1. The summed E-state index contributed by atoms with van der Waals surface area (Å²) in [7, 11) is 0. The van der Waals surface area contributed by atoms with E-state index >= 15 is 0 Å². The number of rotatable bonds is 6. The molecule has 5 rings (SSSR count). The number of aliphatic carboxylic acids is 1. The zero-order valence-corrected chi connectivity index (χ0v) is 18.0. The molecular formula is C26H21FN2O5. The molecule has 0 aromatic heterocycles. The van der Waals surface area contributed by atoms with E-state index in [1.807, 2.05) is 48.5 Å². The molecule has 7 nitrogen and oxygen atoms in total. The van der Waals surface area contributed by atoms with E-state index in [-0.39, 0.29) is 23.8 Å². The van der Waals surface area contributed by atoms with Crippen LogP contribution in [0.5, 0.6) is 0 Å². The minimum Gasteiger partial charge on any atom is -0.480 e. The summed E-state index contributed by atoms with van der Waals surface area (Å²) in [6.45, 7) is 0.0741. The summed E-state index contributed by atoms with van der Waals surface area (Å²) in [5.74, 6) is -2.76. The number of hydrogen-bond donors (Lipinski definition) is 3. The number of carbonyl (C=O) groups excluding carboxylic acids is 2. The van der Waals surface area contributed by atoms with Gasteiger partial charge in [0.15, 0.2) is 0 Å². The normalized spacial score (nSPS) is 15.1. The SMILES string of the molecule is O=C(Nc1ccc(F)cc1C(=O)NC1(C(=O)O)CC1)OCC1c2ccccc2-c2ccccc21. The highest BCUT2D eigenvalue weighted by molar-refractivity contribution is 6.05. The molecule has 0 atom stereocenters. The maximum absolute atomic E-state index is 13.8. The summed E-state index contributed by atoms with van der Waals surface area (Å²) in [4.78, 5) is 36.7. The summed E-state index contributed by atoms with van der Waals surface area (Å²) >= 11 is 0. The molecule has 2 aliphatic rings. The van der Waals surface area contributed by atoms with E-state index in [9.17, 15) is 23.9 Å². The number of amides is 2. The number of benzene rings is 3. The number of carbonyl (C=O) groups is 3. The van der Waals surface area contributed by atoms with Gasteiger partial charge in [-0.3, -0.25) is 10.1 Å². The smallest absolute Gasteiger partial charge is 0.411 e. The molecule has 1 fully saturated rings. The van der Waals surface area contributed by atoms with Gasteiger partial charge in [0.2, 0.25) is 0 Å². The van der Waals surface area contributed by atoms with Gasteiger partial charge in [-0.15, -0.1) is 0 Å². The van der Waals surface area contributed by atoms with E-state index in [0.29, 0.717) is 12.8 Å². The van der Waals surface area contributed by atoms with E-state index in [0.717, 1.165) is 34.4 Å². The lowest BCUT2D eigenvalue weighted by Gasteiger charge is -2.17. The van der Waals surface area contributed by atoms with Gasteiger partial charge in [-0.2, -0.15) is 0 Å². The van der Waals surface area contributed by atoms with E-state index in [4.69, 9.17) is 4.74 Å². The minimum atomic E-state index is -1.34. The van der Waals surface area contributed by atoms with Crippen molar-refractivity contribution in [2.45, 2.75) is 24.3 Å². The van der Waals surface area contributed by atoms with Crippen LogP contribution in [-0.4, -0.2) is 35.2 Å². The standard InChI is InChI=1S/C26H21FN2O5/c27-15-9-10-22(20(13-15)23(30)29-26(11-12-26)24(31)32)28-25(33)34-14-21-18-7-3-1-5-16(18)17-6-2-4-8-19(17)21/h1-10,13,21H,11-12,14H2,(H,28,33)(H,29,30)(H,31,32). The van der Waals surface area contributed by atoms with Crippen molar-refractivity contribution in [2.24, 2.45) is 0 Å². The van der Waals surface area contributed by atoms with Crippen molar-refractivity contribution in [2.75, 3.05) is 11.9 Å². The first-order valence-corrected chi connectivity index (χ1v) is 10.9. The Balaban J connectivity index is 1.30. The molecule has 0 aliphatic heterocycles. The number of carboxylic acids is 1. The summed E-state index contributed by atoms with van der Waals surface area (Å²) < 4.78 is 19.3. The highest BCUT2D eigenvalue weighted by atomic mass is 19.1. The third-order valence-corrected chi connectivity index (χ3v) is 6.32. The van der Waals surface area contributed by atoms with E-state index in [1.54, 1.807) is 0 Å². The first-order valence-electron chi connectivity index (χ1n) is 10.9. The Morgan fingerprint density at radius 3 is 2.18 bits per heavy atom. The predicted molar refractivity (Wildman–Crippen MR) is 122 cm³/mol. The van der Waals surface area contributed by atoms with E-state index < -0.39 is 29.3 Å². The molecule has 0 saturated heterocycles. The lowest BCUT2D eigenvalue weighted by Crippen LogP contribution is -2.43. The van der Waals surface area contributed by atoms with Crippen molar-refractivity contribution in [1.82, 2.24) is 5.32 Å². The Kier molecular flexibility index (Phi) is 5.28. The molecule has 3 aromatic carbocycles. The maximum atomic E-state index is 13.8. The minimum absolute atomic E-state index is 0.0253. The Morgan fingerprint density at radius 1 is 0.971 bits per heavy atom. The van der Waals surface area contributed by atoms with Crippen molar-refractivity contribution in [3.05, 3.63) is 89.2 Å². The fraction of sp³-hybridized carbons (Fsp3) is 0.192. The molecule has 2 aliphatic carbocycles. The van der Waals surface area contributed by atoms with Crippen LogP contribution in [0.25, 0.3) is 11.1 Å². The van der Waals surface area contributed by atoms with Crippen LogP contribution in [0, 0.1) is 5.82 Å². The van der Waals surface area contributed by atoms with Crippen molar-refractivity contribution in [3.63, 3.8) is 0 Å². The van der Waals surface area contributed by atoms with Gasteiger partial charge in [0, 0.05) is 5.92 Å². The Hall–Kier alpha value is -4.20. The van der Waals surface area contributed by atoms with Crippen LogP contribution < -0.4 is 10.6 Å². The number of anilines is 1. The van der Waals surface area contributed by atoms with Crippen molar-refractivity contribution in [3.8, 4) is 11.1 Å². The second kappa shape index (κ2) is 8.30. The number of hydrogen-bond acceptors (Lipinski definition) is 4. The largest absolute Gasteiger partial charge is 0.480 e. The van der Waals surface area contributed by atoms with Crippen molar-refractivity contribution >= 4 is 23.7 Å². The Bertz CT molecular complexity index is 1270. The van der Waals surface area contributed by atoms with Crippen LogP contribution in [0.2, 0.25) is 0 Å². The zero-order chi connectivity index (χ0) is 23.9. The molecule has 0 spiro atoms. The molecule has 0 bridgehead atoms. The summed E-state index contributed by atoms with van der Waals surface area (Å²) in [5.41, 5.74) is 2.81. The molecular weight excluding hydrogens is 439 g/mol. The van der Waals surface area contributed by atoms with Gasteiger partial charge >= 0.3 is 12.1 Å². The first kappa shape index (κ1) is 21.6. The molecule has 172 valence electrons. The summed E-state index contributed by atoms with van der Waals surface area (Å²) in [5, 5.41) is 14.2. The van der Waals surface area contributed by atoms with Gasteiger partial charge in [0.1, 0.15) is 18.0 Å². The molecule has 3 N–H and O–H groups in total. The van der Waals surface area contributed by atoms with Crippen LogP contribution in [0.4, 0.5) is 14.9 Å². The van der Waals surface area contributed by atoms with Crippen LogP contribution in [0.1, 0.15) is 40.2 Å². The van der Waals surface area contributed by atoms with Crippen LogP contribution in [0.15, 0.2) is 66.7 Å². The van der Waals surface area contributed by atoms with Crippen LogP contribution >= 0.6 is 0 Å². The average Bonchev–Trinajstić information content (AvgIpc) is 3.55. The van der Waals surface area contributed by atoms with Gasteiger partial charge in [-0.05, 0) is 53.3 Å². The Labute approximate surface area is 194 Å². The molecule has 34 heavy (non-hydrogen) atoms. The monoisotopic (exact) mass is 460 g/mol. The first-order chi connectivity index (χ1) is 16.4. The number of halogens is 1. The Morgan fingerprint density at radius 2 is 1.59 bits per heavy atom. The third kappa shape index (κ3) is 3.87. The predicted octanol–water partition coefficient (Wildman–Crippen LogP) is 4.53. The number of nitrogens with one attached hydrogen (secondary N) is 2. The molecule has 0 heterocycles. The maximum Gasteiger partial charge on any atom is 0.411 e. The topological polar surface area (TPSA) is 105 Å². The second-order valence-corrected chi connectivity index (χ2v) is 8.48. The molecule has 8 heteroatoms. The fourth-order valence-corrected chi connectivity index (χ4v) is 4.36. The van der Waals surface area contributed by atoms with Gasteiger partial charge < -0.3 is 15.2 Å². The number of carboxylic acid groups (broad SMARTS) is 1. The quantitative estimate of drug-likeness (QED) is 0.501. The van der Waals surface area contributed by atoms with Crippen molar-refractivity contribution in [1.29, 1.82) is 0 Å². The van der Waals surface area contributed by atoms with E-state index in [2.05, 4.69) is 10.6 Å². The lowest BCUT2D eigenvalue weighted by atomic mass is 9.98. The van der Waals surface area contributed by atoms with Gasteiger partial charge in [0.05, 0.1) is 11.3 Å². The molecule has 0 radical (unpaired) electrons. The average molecular weight is 460 g/mol. The van der Waals surface area contributed by atoms with Gasteiger partial charge in [-0.1, -0.05) is 48.5 Å². The fourth-order valence-electron chi connectivity index (χ4n) is 4.36. The number of ether oxygens (including phenoxy) is 1. The molecule has 3 aromatic rings. The third-order valence-electron chi connectivity index (χ3n) is 6.32. The van der Waals surface area contributed by atoms with E-state index in [1.165, 1.54) is 6.07 Å². The highest BCUT2D eigenvalue weighted by Gasteiger charge is 2.51. The van der Waals surface area contributed by atoms with Gasteiger partial charge in [-0.25, -0.2) is 14.0 Å². The summed E-state index contributed by atoms with van der Waals surface area (Å²) in [6.07, 6.45) is -0.223. The number of fused-ring (bicyclic) bond motifs is 3. The lowest BCUT2D eigenvalue weighted by molar-refractivity contribution is -0.140. The van der Waals surface area contributed by atoms with Crippen LogP contribution in [-0.2, 0) is 9.53 Å². The molecule has 2 amide bonds. The second-order valence-electron chi connectivity index (χ2n) is 8.48. The molecule has 0 unspecified atom stereocenters. The van der Waals surface area contributed by atoms with Crippen LogP contribution in [0.3, 0.4) is 0 Å². The highest BCUT2D eigenvalue weighted by Crippen LogP contribution is 2.44.